The number of hydrogen-bond donors (Lipinski definition) is 3. The fourth-order valence-electron chi connectivity index (χ4n) is 2.18. The number of carbonyl (C=O) groups is 2. The molecule has 0 amide bonds. The van der Waals surface area contributed by atoms with Gasteiger partial charge in [0.25, 0.3) is 6.43 Å². The van der Waals surface area contributed by atoms with Crippen molar-refractivity contribution in [2.24, 2.45) is 11.3 Å². The first-order valence-electron chi connectivity index (χ1n) is 6.68. The third kappa shape index (κ3) is 3.94. The first-order valence-corrected chi connectivity index (χ1v) is 6.68. The van der Waals surface area contributed by atoms with Gasteiger partial charge in [-0.2, -0.15) is 0 Å². The second kappa shape index (κ2) is 7.53. The van der Waals surface area contributed by atoms with Crippen molar-refractivity contribution in [3.63, 3.8) is 0 Å². The molecule has 0 saturated heterocycles. The number of para-hydroxylation sites is 1. The van der Waals surface area contributed by atoms with E-state index in [0.717, 1.165) is 23.9 Å². The number of alkyl halides is 2. The van der Waals surface area contributed by atoms with E-state index in [1.165, 1.54) is 6.92 Å². The van der Waals surface area contributed by atoms with Crippen molar-refractivity contribution in [2.45, 2.75) is 13.3 Å². The SMILES string of the molecule is CC1C(C(=O)O)=CC=CC1(C(=O)O)C(F)F.Nc1ccccc1. The molecular formula is C16H17F2NO4. The summed E-state index contributed by atoms with van der Waals surface area (Å²) in [5, 5.41) is 17.6. The molecular weight excluding hydrogens is 308 g/mol. The third-order valence-electron chi connectivity index (χ3n) is 3.61. The lowest BCUT2D eigenvalue weighted by molar-refractivity contribution is -0.158. The summed E-state index contributed by atoms with van der Waals surface area (Å²) in [6, 6.07) is 9.49. The zero-order valence-electron chi connectivity index (χ0n) is 12.3. The van der Waals surface area contributed by atoms with Crippen LogP contribution in [0, 0.1) is 11.3 Å². The Morgan fingerprint density at radius 3 is 2.13 bits per heavy atom. The van der Waals surface area contributed by atoms with Gasteiger partial charge in [0.15, 0.2) is 5.41 Å². The van der Waals surface area contributed by atoms with Gasteiger partial charge in [0.1, 0.15) is 0 Å². The summed E-state index contributed by atoms with van der Waals surface area (Å²) in [5.41, 5.74) is 3.40. The molecule has 1 aliphatic carbocycles. The average molecular weight is 325 g/mol. The Balaban J connectivity index is 0.000000313. The van der Waals surface area contributed by atoms with Crippen molar-refractivity contribution in [3.8, 4) is 0 Å². The van der Waals surface area contributed by atoms with E-state index >= 15 is 0 Å². The molecule has 1 aromatic rings. The van der Waals surface area contributed by atoms with Crippen LogP contribution >= 0.6 is 0 Å². The molecule has 0 aliphatic heterocycles. The molecule has 0 aromatic heterocycles. The standard InChI is InChI=1S/C10H10F2O4.C6H7N/c1-5-6(7(13)14)3-2-4-10(5,8(11)12)9(15)16;7-6-4-2-1-3-5-6/h2-5,8H,1H3,(H,13,14)(H,15,16);1-5H,7H2. The third-order valence-corrected chi connectivity index (χ3v) is 3.61. The second-order valence-corrected chi connectivity index (χ2v) is 4.96. The van der Waals surface area contributed by atoms with Crippen LogP contribution in [0.3, 0.4) is 0 Å². The maximum atomic E-state index is 12.9. The molecule has 23 heavy (non-hydrogen) atoms. The number of halogens is 2. The van der Waals surface area contributed by atoms with Crippen LogP contribution in [-0.2, 0) is 9.59 Å². The summed E-state index contributed by atoms with van der Waals surface area (Å²) < 4.78 is 25.7. The van der Waals surface area contributed by atoms with Gasteiger partial charge < -0.3 is 15.9 Å². The maximum absolute atomic E-state index is 12.9. The topological polar surface area (TPSA) is 101 Å². The fourth-order valence-corrected chi connectivity index (χ4v) is 2.18. The lowest BCUT2D eigenvalue weighted by Crippen LogP contribution is -2.45. The predicted molar refractivity (Wildman–Crippen MR) is 81.0 cm³/mol. The molecule has 7 heteroatoms. The average Bonchev–Trinajstić information content (AvgIpc) is 2.48. The van der Waals surface area contributed by atoms with E-state index in [-0.39, 0.29) is 5.57 Å². The summed E-state index contributed by atoms with van der Waals surface area (Å²) in [5.74, 6) is -4.39. The van der Waals surface area contributed by atoms with E-state index in [4.69, 9.17) is 15.9 Å². The minimum atomic E-state index is -3.17. The monoisotopic (exact) mass is 325 g/mol. The van der Waals surface area contributed by atoms with Crippen LogP contribution in [0.4, 0.5) is 14.5 Å². The number of benzene rings is 1. The number of nitrogens with two attached hydrogens (primary N) is 1. The van der Waals surface area contributed by atoms with Gasteiger partial charge in [-0.15, -0.1) is 0 Å². The molecule has 0 radical (unpaired) electrons. The van der Waals surface area contributed by atoms with Gasteiger partial charge in [-0.1, -0.05) is 43.4 Å². The number of rotatable bonds is 3. The van der Waals surface area contributed by atoms with Gasteiger partial charge in [-0.05, 0) is 12.1 Å². The minimum Gasteiger partial charge on any atom is -0.480 e. The number of carboxylic acids is 2. The highest BCUT2D eigenvalue weighted by molar-refractivity contribution is 5.91. The molecule has 0 fully saturated rings. The highest BCUT2D eigenvalue weighted by Crippen LogP contribution is 2.42. The Morgan fingerprint density at radius 2 is 1.78 bits per heavy atom. The zero-order valence-corrected chi connectivity index (χ0v) is 12.3. The number of carboxylic acid groups (broad SMARTS) is 2. The van der Waals surface area contributed by atoms with Crippen molar-refractivity contribution >= 4 is 17.6 Å². The Bertz CT molecular complexity index is 628. The zero-order chi connectivity index (χ0) is 17.6. The van der Waals surface area contributed by atoms with Crippen LogP contribution < -0.4 is 5.73 Å². The lowest BCUT2D eigenvalue weighted by atomic mass is 9.70. The van der Waals surface area contributed by atoms with Crippen molar-refractivity contribution in [1.29, 1.82) is 0 Å². The van der Waals surface area contributed by atoms with E-state index in [0.29, 0.717) is 0 Å². The van der Waals surface area contributed by atoms with Crippen molar-refractivity contribution in [3.05, 3.63) is 54.1 Å². The van der Waals surface area contributed by atoms with E-state index in [1.807, 2.05) is 30.3 Å². The van der Waals surface area contributed by atoms with Gasteiger partial charge in [0.05, 0.1) is 0 Å². The number of hydrogen-bond acceptors (Lipinski definition) is 3. The van der Waals surface area contributed by atoms with Gasteiger partial charge in [-0.25, -0.2) is 13.6 Å². The Hall–Kier alpha value is -2.70. The molecule has 2 atom stereocenters. The van der Waals surface area contributed by atoms with Crippen LogP contribution in [0.5, 0.6) is 0 Å². The van der Waals surface area contributed by atoms with E-state index in [9.17, 15) is 18.4 Å². The molecule has 5 nitrogen and oxygen atoms in total. The van der Waals surface area contributed by atoms with Gasteiger partial charge in [0.2, 0.25) is 0 Å². The van der Waals surface area contributed by atoms with Crippen molar-refractivity contribution < 1.29 is 28.6 Å². The molecule has 2 rings (SSSR count). The molecule has 124 valence electrons. The maximum Gasteiger partial charge on any atom is 0.331 e. The molecule has 2 unspecified atom stereocenters. The van der Waals surface area contributed by atoms with E-state index in [1.54, 1.807) is 0 Å². The highest BCUT2D eigenvalue weighted by atomic mass is 19.3. The molecule has 0 heterocycles. The summed E-state index contributed by atoms with van der Waals surface area (Å²) in [4.78, 5) is 21.7. The Labute approximate surface area is 131 Å². The predicted octanol–water partition coefficient (Wildman–Crippen LogP) is 2.81. The summed E-state index contributed by atoms with van der Waals surface area (Å²) in [7, 11) is 0. The van der Waals surface area contributed by atoms with Gasteiger partial charge in [-0.3, -0.25) is 4.79 Å². The first kappa shape index (κ1) is 18.3. The van der Waals surface area contributed by atoms with Crippen molar-refractivity contribution in [1.82, 2.24) is 0 Å². The van der Waals surface area contributed by atoms with Gasteiger partial charge >= 0.3 is 11.9 Å². The summed E-state index contributed by atoms with van der Waals surface area (Å²) in [6.45, 7) is 1.17. The van der Waals surface area contributed by atoms with E-state index < -0.39 is 29.7 Å². The molecule has 4 N–H and O–H groups in total. The Kier molecular flexibility index (Phi) is 6.01. The number of anilines is 1. The quantitative estimate of drug-likeness (QED) is 0.742. The fraction of sp³-hybridized carbons (Fsp3) is 0.250. The highest BCUT2D eigenvalue weighted by Gasteiger charge is 2.53. The van der Waals surface area contributed by atoms with Crippen LogP contribution in [-0.4, -0.2) is 28.6 Å². The molecule has 0 spiro atoms. The molecule has 0 saturated carbocycles. The molecule has 1 aliphatic rings. The molecule has 0 bridgehead atoms. The summed E-state index contributed by atoms with van der Waals surface area (Å²) in [6.07, 6.45) is -0.142. The smallest absolute Gasteiger partial charge is 0.331 e. The van der Waals surface area contributed by atoms with Crippen LogP contribution in [0.2, 0.25) is 0 Å². The van der Waals surface area contributed by atoms with Crippen molar-refractivity contribution in [2.75, 3.05) is 5.73 Å². The number of nitrogen functional groups attached to an aromatic ring is 1. The minimum absolute atomic E-state index is 0.329. The second-order valence-electron chi connectivity index (χ2n) is 4.96. The number of aliphatic carboxylic acids is 2. The van der Waals surface area contributed by atoms with Crippen LogP contribution in [0.1, 0.15) is 6.92 Å². The lowest BCUT2D eigenvalue weighted by Gasteiger charge is -2.33. The normalized spacial score (nSPS) is 22.8. The summed E-state index contributed by atoms with van der Waals surface area (Å²) >= 11 is 0. The first-order chi connectivity index (χ1) is 10.7. The van der Waals surface area contributed by atoms with E-state index in [2.05, 4.69) is 0 Å². The number of allylic oxidation sites excluding steroid dienone is 2. The van der Waals surface area contributed by atoms with Gasteiger partial charge in [0, 0.05) is 17.2 Å². The van der Waals surface area contributed by atoms with Crippen LogP contribution in [0.25, 0.3) is 0 Å². The Morgan fingerprint density at radius 1 is 1.22 bits per heavy atom. The van der Waals surface area contributed by atoms with Crippen LogP contribution in [0.15, 0.2) is 54.1 Å². The molecule has 1 aromatic carbocycles. The largest absolute Gasteiger partial charge is 0.480 e.